The average molecular weight is 590 g/mol. The number of hydrogen-bond donors (Lipinski definition) is 3. The molecule has 0 unspecified atom stereocenters. The molecule has 44 heavy (non-hydrogen) atoms. The van der Waals surface area contributed by atoms with E-state index < -0.39 is 17.4 Å². The second kappa shape index (κ2) is 12.4. The summed E-state index contributed by atoms with van der Waals surface area (Å²) >= 11 is 0. The molecule has 0 spiro atoms. The van der Waals surface area contributed by atoms with Crippen LogP contribution in [0.2, 0.25) is 0 Å². The van der Waals surface area contributed by atoms with Crippen molar-refractivity contribution in [3.63, 3.8) is 0 Å². The molecule has 0 radical (unpaired) electrons. The molecule has 5 aromatic rings. The Morgan fingerprint density at radius 2 is 1.34 bits per heavy atom. The summed E-state index contributed by atoms with van der Waals surface area (Å²) in [6.45, 7) is 5.52. The van der Waals surface area contributed by atoms with Gasteiger partial charge in [0.2, 0.25) is 0 Å². The van der Waals surface area contributed by atoms with Crippen molar-refractivity contribution in [2.45, 2.75) is 18.6 Å². The molecule has 0 aliphatic carbocycles. The van der Waals surface area contributed by atoms with Crippen LogP contribution in [0.5, 0.6) is 0 Å². The maximum atomic E-state index is 14.3. The van der Waals surface area contributed by atoms with Crippen molar-refractivity contribution in [2.24, 2.45) is 0 Å². The molecule has 0 bridgehead atoms. The monoisotopic (exact) mass is 589 g/mol. The number of benzene rings is 4. The fourth-order valence-corrected chi connectivity index (χ4v) is 5.30. The lowest BCUT2D eigenvalue weighted by atomic mass is 9.77. The topological polar surface area (TPSA) is 69.0 Å². The maximum Gasteiger partial charge on any atom is 0.433 e. The van der Waals surface area contributed by atoms with E-state index in [4.69, 9.17) is 5.41 Å². The minimum Gasteiger partial charge on any atom is -0.507 e. The summed E-state index contributed by atoms with van der Waals surface area (Å²) in [7, 11) is 0. The molecule has 1 heterocycles. The van der Waals surface area contributed by atoms with Crippen LogP contribution in [0.4, 0.5) is 13.2 Å². The van der Waals surface area contributed by atoms with E-state index in [1.165, 1.54) is 30.6 Å². The Balaban J connectivity index is 1.77. The molecular weight excluding hydrogens is 559 g/mol. The number of allylic oxidation sites excluding steroid dienone is 3. The third-order valence-electron chi connectivity index (χ3n) is 7.32. The summed E-state index contributed by atoms with van der Waals surface area (Å²) in [5.41, 5.74) is 1.00. The number of nitrogens with one attached hydrogen (secondary N) is 2. The zero-order chi connectivity index (χ0) is 31.3. The van der Waals surface area contributed by atoms with Crippen LogP contribution in [0.3, 0.4) is 0 Å². The zero-order valence-electron chi connectivity index (χ0n) is 23.9. The summed E-state index contributed by atoms with van der Waals surface area (Å²) in [4.78, 5) is 4.33. The summed E-state index contributed by atoms with van der Waals surface area (Å²) < 4.78 is 42.8. The number of rotatable bonds is 9. The number of hydrogen-bond acceptors (Lipinski definition) is 4. The molecule has 0 aliphatic rings. The normalized spacial score (nSPS) is 12.6. The highest BCUT2D eigenvalue weighted by Gasteiger charge is 2.39. The smallest absolute Gasteiger partial charge is 0.433 e. The van der Waals surface area contributed by atoms with Gasteiger partial charge in [-0.25, -0.2) is 0 Å². The third-order valence-corrected chi connectivity index (χ3v) is 7.32. The summed E-state index contributed by atoms with van der Waals surface area (Å²) in [5, 5.41) is 22.8. The average Bonchev–Trinajstić information content (AvgIpc) is 3.03. The number of aliphatic hydroxyl groups is 1. The number of nitrogens with zero attached hydrogens (tertiary/aromatic N) is 1. The molecule has 0 atom stereocenters. The van der Waals surface area contributed by atoms with E-state index in [2.05, 4.69) is 16.9 Å². The van der Waals surface area contributed by atoms with E-state index in [0.29, 0.717) is 22.0 Å². The molecule has 0 aliphatic heterocycles. The molecule has 0 amide bonds. The number of aliphatic hydroxyl groups excluding tert-OH is 1. The second-order valence-corrected chi connectivity index (χ2v) is 10.4. The van der Waals surface area contributed by atoms with E-state index >= 15 is 0 Å². The first-order valence-corrected chi connectivity index (χ1v) is 13.9. The van der Waals surface area contributed by atoms with Gasteiger partial charge in [0.15, 0.2) is 0 Å². The Hall–Kier alpha value is -5.43. The molecular formula is C37H30F3N3O. The van der Waals surface area contributed by atoms with E-state index in [0.717, 1.165) is 16.7 Å². The largest absolute Gasteiger partial charge is 0.507 e. The van der Waals surface area contributed by atoms with Gasteiger partial charge in [0, 0.05) is 28.9 Å². The van der Waals surface area contributed by atoms with Crippen molar-refractivity contribution in [1.29, 1.82) is 5.41 Å². The highest BCUT2D eigenvalue weighted by atomic mass is 19.4. The van der Waals surface area contributed by atoms with Crippen molar-refractivity contribution in [3.8, 4) is 0 Å². The number of aromatic nitrogens is 1. The predicted molar refractivity (Wildman–Crippen MR) is 171 cm³/mol. The molecule has 4 nitrogen and oxygen atoms in total. The third kappa shape index (κ3) is 6.03. The summed E-state index contributed by atoms with van der Waals surface area (Å²) in [6.07, 6.45) is -0.671. The van der Waals surface area contributed by atoms with Gasteiger partial charge in [0.25, 0.3) is 0 Å². The zero-order valence-corrected chi connectivity index (χ0v) is 23.9. The second-order valence-electron chi connectivity index (χ2n) is 10.4. The highest BCUT2D eigenvalue weighted by molar-refractivity contribution is 6.25. The minimum absolute atomic E-state index is 0.0900. The quantitative estimate of drug-likeness (QED) is 0.0695. The Morgan fingerprint density at radius 1 is 0.818 bits per heavy atom. The van der Waals surface area contributed by atoms with Crippen LogP contribution in [-0.4, -0.2) is 22.0 Å². The lowest BCUT2D eigenvalue weighted by molar-refractivity contribution is -0.0578. The number of halogens is 3. The summed E-state index contributed by atoms with van der Waals surface area (Å²) in [6, 6.07) is 34.6. The fourth-order valence-electron chi connectivity index (χ4n) is 5.30. The Bertz CT molecular complexity index is 1770. The molecule has 0 saturated heterocycles. The van der Waals surface area contributed by atoms with Gasteiger partial charge in [-0.2, -0.15) is 13.2 Å². The van der Waals surface area contributed by atoms with Crippen LogP contribution in [0.1, 0.15) is 34.7 Å². The van der Waals surface area contributed by atoms with Crippen molar-refractivity contribution in [2.75, 3.05) is 0 Å². The van der Waals surface area contributed by atoms with Gasteiger partial charge in [0.1, 0.15) is 17.0 Å². The van der Waals surface area contributed by atoms with Gasteiger partial charge in [-0.1, -0.05) is 109 Å². The maximum absolute atomic E-state index is 14.3. The van der Waals surface area contributed by atoms with Gasteiger partial charge < -0.3 is 10.4 Å². The van der Waals surface area contributed by atoms with Crippen molar-refractivity contribution in [3.05, 3.63) is 174 Å². The van der Waals surface area contributed by atoms with Gasteiger partial charge in [-0.3, -0.25) is 10.4 Å². The molecule has 5 rings (SSSR count). The van der Waals surface area contributed by atoms with Crippen LogP contribution in [-0.2, 0) is 5.54 Å². The number of alkyl halides is 3. The van der Waals surface area contributed by atoms with Crippen molar-refractivity contribution >= 4 is 27.9 Å². The first kappa shape index (κ1) is 30.0. The van der Waals surface area contributed by atoms with Gasteiger partial charge in [0.05, 0.1) is 5.52 Å². The Labute approximate surface area is 254 Å². The lowest BCUT2D eigenvalue weighted by Gasteiger charge is -2.37. The predicted octanol–water partition coefficient (Wildman–Crippen LogP) is 9.21. The standard InChI is InChI=1S/C37H30F3N3O/c1-25(2)22-34(44)30-20-21-42-33-19-18-26(23-31(30)33)32(35(41)37(38,39)40)24-43-36(27-12-6-3-7-13-27,28-14-8-4-9-15-28)29-16-10-5-11-17-29/h3-24,41,43-44H,1H2,2H3/b32-24-,34-22-,41-35?. The molecule has 3 N–H and O–H groups in total. The highest BCUT2D eigenvalue weighted by Crippen LogP contribution is 2.38. The van der Waals surface area contributed by atoms with Crippen LogP contribution in [0.15, 0.2) is 146 Å². The molecule has 0 fully saturated rings. The van der Waals surface area contributed by atoms with E-state index in [-0.39, 0.29) is 16.9 Å². The fraction of sp³-hybridized carbons (Fsp3) is 0.0811. The van der Waals surface area contributed by atoms with Crippen LogP contribution < -0.4 is 5.32 Å². The SMILES string of the molecule is C=C(C)/C=C(\O)c1ccnc2ccc(/C(=C/NC(c3ccccc3)(c3ccccc3)c3ccccc3)C(=N)C(F)(F)F)cc12. The lowest BCUT2D eigenvalue weighted by Crippen LogP contribution is -2.42. The Morgan fingerprint density at radius 3 is 1.82 bits per heavy atom. The minimum atomic E-state index is -4.93. The number of fused-ring (bicyclic) bond motifs is 1. The van der Waals surface area contributed by atoms with Crippen LogP contribution in [0.25, 0.3) is 22.2 Å². The molecule has 4 aromatic carbocycles. The molecule has 1 aromatic heterocycles. The van der Waals surface area contributed by atoms with Gasteiger partial charge >= 0.3 is 6.18 Å². The van der Waals surface area contributed by atoms with Crippen LogP contribution >= 0.6 is 0 Å². The first-order valence-electron chi connectivity index (χ1n) is 13.9. The van der Waals surface area contributed by atoms with E-state index in [1.54, 1.807) is 19.1 Å². The summed E-state index contributed by atoms with van der Waals surface area (Å²) in [5.74, 6) is -0.0900. The van der Waals surface area contributed by atoms with E-state index in [1.807, 2.05) is 91.0 Å². The van der Waals surface area contributed by atoms with Crippen molar-refractivity contribution in [1.82, 2.24) is 10.3 Å². The molecule has 7 heteroatoms. The number of pyridine rings is 1. The first-order chi connectivity index (χ1) is 21.1. The van der Waals surface area contributed by atoms with Crippen LogP contribution in [0, 0.1) is 5.41 Å². The van der Waals surface area contributed by atoms with Crippen molar-refractivity contribution < 1.29 is 18.3 Å². The molecule has 220 valence electrons. The Kier molecular flexibility index (Phi) is 8.49. The van der Waals surface area contributed by atoms with Gasteiger partial charge in [-0.05, 0) is 53.5 Å². The van der Waals surface area contributed by atoms with Gasteiger partial charge in [-0.15, -0.1) is 0 Å². The van der Waals surface area contributed by atoms with E-state index in [9.17, 15) is 18.3 Å². The molecule has 0 saturated carbocycles.